The molecule has 20 heavy (non-hydrogen) atoms. The Labute approximate surface area is 124 Å². The van der Waals surface area contributed by atoms with Crippen molar-refractivity contribution in [2.75, 3.05) is 13.7 Å². The zero-order chi connectivity index (χ0) is 15.6. The molecule has 0 saturated heterocycles. The van der Waals surface area contributed by atoms with E-state index in [2.05, 4.69) is 46.8 Å². The molecule has 1 aromatic carbocycles. The second-order valence-corrected chi connectivity index (χ2v) is 6.39. The van der Waals surface area contributed by atoms with E-state index in [1.807, 2.05) is 13.8 Å². The second kappa shape index (κ2) is 6.17. The van der Waals surface area contributed by atoms with Gasteiger partial charge in [-0.3, -0.25) is 0 Å². The minimum Gasteiger partial charge on any atom is -0.493 e. The Bertz CT molecular complexity index is 459. The average Bonchev–Trinajstić information content (AvgIpc) is 2.41. The number of aryl methyl sites for hydroxylation is 1. The SMILES string of the molecule is CC.COC(C)(C)c1cc(C)cc2c1OCCC2(C)C. The Hall–Kier alpha value is -1.02. The van der Waals surface area contributed by atoms with Crippen molar-refractivity contribution in [3.8, 4) is 5.75 Å². The first-order chi connectivity index (χ1) is 9.28. The van der Waals surface area contributed by atoms with E-state index < -0.39 is 0 Å². The van der Waals surface area contributed by atoms with E-state index in [1.54, 1.807) is 7.11 Å². The molecule has 0 atom stereocenters. The molecule has 0 unspecified atom stereocenters. The summed E-state index contributed by atoms with van der Waals surface area (Å²) in [7, 11) is 1.75. The fourth-order valence-corrected chi connectivity index (χ4v) is 2.53. The van der Waals surface area contributed by atoms with Crippen LogP contribution < -0.4 is 4.74 Å². The normalized spacial score (nSPS) is 16.6. The van der Waals surface area contributed by atoms with Crippen LogP contribution in [-0.2, 0) is 15.8 Å². The molecule has 114 valence electrons. The van der Waals surface area contributed by atoms with E-state index in [0.29, 0.717) is 0 Å². The minimum atomic E-state index is -0.316. The van der Waals surface area contributed by atoms with Crippen molar-refractivity contribution < 1.29 is 9.47 Å². The maximum absolute atomic E-state index is 5.95. The zero-order valence-corrected chi connectivity index (χ0v) is 14.4. The molecule has 2 heteroatoms. The molecule has 0 saturated carbocycles. The lowest BCUT2D eigenvalue weighted by Gasteiger charge is -2.37. The second-order valence-electron chi connectivity index (χ2n) is 6.39. The molecule has 0 radical (unpaired) electrons. The number of hydrogen-bond donors (Lipinski definition) is 0. The summed E-state index contributed by atoms with van der Waals surface area (Å²) < 4.78 is 11.6. The van der Waals surface area contributed by atoms with Gasteiger partial charge < -0.3 is 9.47 Å². The van der Waals surface area contributed by atoms with Crippen LogP contribution in [0.4, 0.5) is 0 Å². The molecule has 1 aromatic rings. The van der Waals surface area contributed by atoms with Crippen molar-refractivity contribution >= 4 is 0 Å². The summed E-state index contributed by atoms with van der Waals surface area (Å²) in [5, 5.41) is 0. The van der Waals surface area contributed by atoms with Crippen LogP contribution in [0.3, 0.4) is 0 Å². The fourth-order valence-electron chi connectivity index (χ4n) is 2.53. The van der Waals surface area contributed by atoms with Gasteiger partial charge in [-0.1, -0.05) is 39.3 Å². The minimum absolute atomic E-state index is 0.179. The smallest absolute Gasteiger partial charge is 0.129 e. The highest BCUT2D eigenvalue weighted by Crippen LogP contribution is 2.44. The molecule has 0 fully saturated rings. The Morgan fingerprint density at radius 3 is 2.35 bits per heavy atom. The number of methoxy groups -OCH3 is 1. The highest BCUT2D eigenvalue weighted by molar-refractivity contribution is 5.51. The predicted molar refractivity (Wildman–Crippen MR) is 85.7 cm³/mol. The van der Waals surface area contributed by atoms with Gasteiger partial charge in [-0.2, -0.15) is 0 Å². The van der Waals surface area contributed by atoms with Gasteiger partial charge in [-0.05, 0) is 38.7 Å². The summed E-state index contributed by atoms with van der Waals surface area (Å²) in [5.41, 5.74) is 3.61. The molecule has 2 nitrogen and oxygen atoms in total. The maximum atomic E-state index is 5.95. The van der Waals surface area contributed by atoms with Crippen LogP contribution in [0.15, 0.2) is 12.1 Å². The largest absolute Gasteiger partial charge is 0.493 e. The molecule has 1 aliphatic rings. The van der Waals surface area contributed by atoms with Crippen LogP contribution in [0, 0.1) is 6.92 Å². The Kier molecular flexibility index (Phi) is 5.26. The van der Waals surface area contributed by atoms with Crippen LogP contribution >= 0.6 is 0 Å². The number of ether oxygens (including phenoxy) is 2. The molecule has 0 aliphatic carbocycles. The van der Waals surface area contributed by atoms with Crippen LogP contribution in [-0.4, -0.2) is 13.7 Å². The van der Waals surface area contributed by atoms with Gasteiger partial charge >= 0.3 is 0 Å². The van der Waals surface area contributed by atoms with Crippen molar-refractivity contribution in [2.45, 2.75) is 65.9 Å². The summed E-state index contributed by atoms with van der Waals surface area (Å²) in [5.74, 6) is 1.03. The molecule has 0 bridgehead atoms. The summed E-state index contributed by atoms with van der Waals surface area (Å²) in [6, 6.07) is 4.44. The molecule has 1 aliphatic heterocycles. The van der Waals surface area contributed by atoms with Gasteiger partial charge in [-0.15, -0.1) is 0 Å². The standard InChI is InChI=1S/C16H24O2.C2H6/c1-11-9-12-14(18-8-7-15(12,2)3)13(10-11)16(4,5)17-6;1-2/h9-10H,7-8H2,1-6H3;1-2H3. The van der Waals surface area contributed by atoms with Gasteiger partial charge in [0.25, 0.3) is 0 Å². The average molecular weight is 278 g/mol. The lowest BCUT2D eigenvalue weighted by Crippen LogP contribution is -2.30. The van der Waals surface area contributed by atoms with Crippen LogP contribution in [0.1, 0.15) is 64.7 Å². The van der Waals surface area contributed by atoms with Crippen molar-refractivity contribution in [2.24, 2.45) is 0 Å². The quantitative estimate of drug-likeness (QED) is 0.761. The van der Waals surface area contributed by atoms with Crippen molar-refractivity contribution in [1.82, 2.24) is 0 Å². The van der Waals surface area contributed by atoms with Crippen LogP contribution in [0.5, 0.6) is 5.75 Å². The Morgan fingerprint density at radius 2 is 1.80 bits per heavy atom. The van der Waals surface area contributed by atoms with Crippen LogP contribution in [0.2, 0.25) is 0 Å². The third-order valence-electron chi connectivity index (χ3n) is 4.09. The van der Waals surface area contributed by atoms with Gasteiger partial charge in [0, 0.05) is 18.2 Å². The summed E-state index contributed by atoms with van der Waals surface area (Å²) in [4.78, 5) is 0. The van der Waals surface area contributed by atoms with Crippen molar-refractivity contribution in [3.05, 3.63) is 28.8 Å². The molecule has 0 aromatic heterocycles. The van der Waals surface area contributed by atoms with E-state index in [9.17, 15) is 0 Å². The first kappa shape index (κ1) is 17.0. The molecule has 2 rings (SSSR count). The van der Waals surface area contributed by atoms with E-state index in [4.69, 9.17) is 9.47 Å². The summed E-state index contributed by atoms with van der Waals surface area (Å²) >= 11 is 0. The van der Waals surface area contributed by atoms with E-state index >= 15 is 0 Å². The lowest BCUT2D eigenvalue weighted by atomic mass is 9.77. The van der Waals surface area contributed by atoms with Crippen LogP contribution in [0.25, 0.3) is 0 Å². The Balaban J connectivity index is 0.000000956. The van der Waals surface area contributed by atoms with Gasteiger partial charge in [0.1, 0.15) is 5.75 Å². The highest BCUT2D eigenvalue weighted by Gasteiger charge is 2.34. The van der Waals surface area contributed by atoms with Crippen molar-refractivity contribution in [1.29, 1.82) is 0 Å². The molecule has 0 N–H and O–H groups in total. The first-order valence-electron chi connectivity index (χ1n) is 7.61. The monoisotopic (exact) mass is 278 g/mol. The van der Waals surface area contributed by atoms with Gasteiger partial charge in [0.05, 0.1) is 12.2 Å². The summed E-state index contributed by atoms with van der Waals surface area (Å²) in [6.45, 7) is 15.7. The van der Waals surface area contributed by atoms with E-state index in [1.165, 1.54) is 11.1 Å². The predicted octanol–water partition coefficient (Wildman–Crippen LogP) is 4.96. The van der Waals surface area contributed by atoms with Crippen molar-refractivity contribution in [3.63, 3.8) is 0 Å². The number of hydrogen-bond acceptors (Lipinski definition) is 2. The molecular weight excluding hydrogens is 248 g/mol. The topological polar surface area (TPSA) is 18.5 Å². The lowest BCUT2D eigenvalue weighted by molar-refractivity contribution is 0.0158. The molecule has 0 spiro atoms. The molecule has 1 heterocycles. The highest BCUT2D eigenvalue weighted by atomic mass is 16.5. The number of benzene rings is 1. The van der Waals surface area contributed by atoms with E-state index in [0.717, 1.165) is 24.3 Å². The third kappa shape index (κ3) is 3.17. The maximum Gasteiger partial charge on any atom is 0.129 e. The Morgan fingerprint density at radius 1 is 1.20 bits per heavy atom. The molecule has 0 amide bonds. The van der Waals surface area contributed by atoms with Gasteiger partial charge in [-0.25, -0.2) is 0 Å². The molecular formula is C18H30O2. The van der Waals surface area contributed by atoms with Gasteiger partial charge in [0.2, 0.25) is 0 Å². The summed E-state index contributed by atoms with van der Waals surface area (Å²) in [6.07, 6.45) is 1.07. The number of fused-ring (bicyclic) bond motifs is 1. The fraction of sp³-hybridized carbons (Fsp3) is 0.667. The zero-order valence-electron chi connectivity index (χ0n) is 14.4. The third-order valence-corrected chi connectivity index (χ3v) is 4.09. The van der Waals surface area contributed by atoms with Gasteiger partial charge in [0.15, 0.2) is 0 Å². The van der Waals surface area contributed by atoms with E-state index in [-0.39, 0.29) is 11.0 Å². The number of rotatable bonds is 2. The first-order valence-corrected chi connectivity index (χ1v) is 7.61.